The van der Waals surface area contributed by atoms with Crippen molar-refractivity contribution in [2.75, 3.05) is 0 Å². The molecule has 0 spiro atoms. The van der Waals surface area contributed by atoms with E-state index in [9.17, 15) is 0 Å². The Balaban J connectivity index is 1.86. The molecule has 21 heavy (non-hydrogen) atoms. The predicted octanol–water partition coefficient (Wildman–Crippen LogP) is 3.08. The minimum Gasteiger partial charge on any atom is -0.359 e. The van der Waals surface area contributed by atoms with Crippen molar-refractivity contribution in [3.63, 3.8) is 0 Å². The summed E-state index contributed by atoms with van der Waals surface area (Å²) in [5.41, 5.74) is 5.36. The summed E-state index contributed by atoms with van der Waals surface area (Å²) >= 11 is 5.27. The smallest absolute Gasteiger partial charge is 0.187 e. The molecule has 0 aliphatic heterocycles. The molecule has 1 aliphatic rings. The van der Waals surface area contributed by atoms with Crippen LogP contribution < -0.4 is 10.7 Å². The van der Waals surface area contributed by atoms with Crippen LogP contribution in [-0.4, -0.2) is 16.9 Å². The monoisotopic (exact) mass is 300 g/mol. The molecular formula is C16H20N4S. The number of nitriles is 1. The van der Waals surface area contributed by atoms with Gasteiger partial charge in [-0.05, 0) is 49.7 Å². The zero-order chi connectivity index (χ0) is 15.1. The number of rotatable bonds is 3. The van der Waals surface area contributed by atoms with Gasteiger partial charge in [0.2, 0.25) is 0 Å². The minimum absolute atomic E-state index is 0.476. The standard InChI is InChI=1S/C16H20N4S/c1-12(14-9-7-13(11-17)8-10-14)19-20-16(21)18-15-5-3-2-4-6-15/h7-10,15H,2-6H2,1H3,(H2,18,20,21)/b19-12+. The van der Waals surface area contributed by atoms with Gasteiger partial charge in [-0.15, -0.1) is 0 Å². The van der Waals surface area contributed by atoms with Crippen LogP contribution >= 0.6 is 12.2 Å². The lowest BCUT2D eigenvalue weighted by Crippen LogP contribution is -2.41. The van der Waals surface area contributed by atoms with Crippen LogP contribution in [0.2, 0.25) is 0 Å². The van der Waals surface area contributed by atoms with Gasteiger partial charge in [-0.3, -0.25) is 5.43 Å². The number of benzene rings is 1. The topological polar surface area (TPSA) is 60.2 Å². The third-order valence-electron chi connectivity index (χ3n) is 3.70. The van der Waals surface area contributed by atoms with E-state index in [4.69, 9.17) is 17.5 Å². The zero-order valence-electron chi connectivity index (χ0n) is 12.2. The van der Waals surface area contributed by atoms with Crippen LogP contribution in [0, 0.1) is 11.3 Å². The molecule has 2 rings (SSSR count). The quantitative estimate of drug-likeness (QED) is 0.511. The van der Waals surface area contributed by atoms with Crippen LogP contribution in [0.25, 0.3) is 0 Å². The fraction of sp³-hybridized carbons (Fsp3) is 0.438. The summed E-state index contributed by atoms with van der Waals surface area (Å²) in [6.07, 6.45) is 6.23. The molecule has 0 amide bonds. The molecule has 0 radical (unpaired) electrons. The molecule has 0 bridgehead atoms. The van der Waals surface area contributed by atoms with Crippen molar-refractivity contribution in [3.8, 4) is 6.07 Å². The number of hydrogen-bond acceptors (Lipinski definition) is 3. The SMILES string of the molecule is C/C(=N\NC(=S)NC1CCCCC1)c1ccc(C#N)cc1. The van der Waals surface area contributed by atoms with E-state index in [0.717, 1.165) is 11.3 Å². The van der Waals surface area contributed by atoms with Gasteiger partial charge in [0.1, 0.15) is 0 Å². The normalized spacial score (nSPS) is 16.1. The van der Waals surface area contributed by atoms with Gasteiger partial charge in [-0.2, -0.15) is 10.4 Å². The van der Waals surface area contributed by atoms with E-state index in [1.165, 1.54) is 32.1 Å². The van der Waals surface area contributed by atoms with Gasteiger partial charge in [0, 0.05) is 6.04 Å². The van der Waals surface area contributed by atoms with Crippen molar-refractivity contribution < 1.29 is 0 Å². The molecule has 5 heteroatoms. The molecule has 1 aromatic carbocycles. The second-order valence-corrected chi connectivity index (χ2v) is 5.71. The van der Waals surface area contributed by atoms with Crippen molar-refractivity contribution in [2.45, 2.75) is 45.1 Å². The fourth-order valence-electron chi connectivity index (χ4n) is 2.45. The molecule has 2 N–H and O–H groups in total. The number of thiocarbonyl (C=S) groups is 1. The first kappa shape index (κ1) is 15.5. The maximum Gasteiger partial charge on any atom is 0.187 e. The van der Waals surface area contributed by atoms with Crippen molar-refractivity contribution in [3.05, 3.63) is 35.4 Å². The Kier molecular flexibility index (Phi) is 5.70. The second kappa shape index (κ2) is 7.75. The summed E-state index contributed by atoms with van der Waals surface area (Å²) in [6, 6.07) is 9.92. The molecule has 0 unspecified atom stereocenters. The molecule has 1 saturated carbocycles. The lowest BCUT2D eigenvalue weighted by Gasteiger charge is -2.23. The summed E-state index contributed by atoms with van der Waals surface area (Å²) in [5.74, 6) is 0. The van der Waals surface area contributed by atoms with Gasteiger partial charge < -0.3 is 5.32 Å². The summed E-state index contributed by atoms with van der Waals surface area (Å²) in [7, 11) is 0. The Labute approximate surface area is 131 Å². The Hall–Kier alpha value is -1.93. The summed E-state index contributed by atoms with van der Waals surface area (Å²) in [6.45, 7) is 1.91. The summed E-state index contributed by atoms with van der Waals surface area (Å²) in [4.78, 5) is 0. The van der Waals surface area contributed by atoms with Gasteiger partial charge in [-0.1, -0.05) is 31.4 Å². The molecule has 4 nitrogen and oxygen atoms in total. The predicted molar refractivity (Wildman–Crippen MR) is 89.1 cm³/mol. The fourth-order valence-corrected chi connectivity index (χ4v) is 2.66. The maximum absolute atomic E-state index is 8.78. The second-order valence-electron chi connectivity index (χ2n) is 5.31. The third-order valence-corrected chi connectivity index (χ3v) is 3.91. The van der Waals surface area contributed by atoms with Gasteiger partial charge in [-0.25, -0.2) is 0 Å². The van der Waals surface area contributed by atoms with Gasteiger partial charge in [0.05, 0.1) is 17.3 Å². The first-order valence-corrected chi connectivity index (χ1v) is 7.71. The Morgan fingerprint density at radius 2 is 1.90 bits per heavy atom. The van der Waals surface area contributed by atoms with E-state index in [0.29, 0.717) is 16.7 Å². The molecule has 110 valence electrons. The number of nitrogens with zero attached hydrogens (tertiary/aromatic N) is 2. The highest BCUT2D eigenvalue weighted by Gasteiger charge is 2.13. The highest BCUT2D eigenvalue weighted by Crippen LogP contribution is 2.17. The van der Waals surface area contributed by atoms with Crippen LogP contribution in [0.5, 0.6) is 0 Å². The highest BCUT2D eigenvalue weighted by molar-refractivity contribution is 7.80. The third kappa shape index (κ3) is 4.83. The Morgan fingerprint density at radius 1 is 1.24 bits per heavy atom. The first-order valence-electron chi connectivity index (χ1n) is 7.30. The van der Waals surface area contributed by atoms with Crippen LogP contribution in [0.3, 0.4) is 0 Å². The lowest BCUT2D eigenvalue weighted by atomic mass is 9.96. The van der Waals surface area contributed by atoms with Crippen molar-refractivity contribution >= 4 is 23.0 Å². The molecule has 1 aromatic rings. The molecule has 0 heterocycles. The Morgan fingerprint density at radius 3 is 2.52 bits per heavy atom. The number of hydrazone groups is 1. The summed E-state index contributed by atoms with van der Waals surface area (Å²) in [5, 5.41) is 17.0. The van der Waals surface area contributed by atoms with E-state index >= 15 is 0 Å². The van der Waals surface area contributed by atoms with E-state index in [-0.39, 0.29) is 0 Å². The zero-order valence-corrected chi connectivity index (χ0v) is 13.0. The van der Waals surface area contributed by atoms with Crippen molar-refractivity contribution in [2.24, 2.45) is 5.10 Å². The highest BCUT2D eigenvalue weighted by atomic mass is 32.1. The van der Waals surface area contributed by atoms with E-state index in [2.05, 4.69) is 21.9 Å². The van der Waals surface area contributed by atoms with Gasteiger partial charge in [0.25, 0.3) is 0 Å². The van der Waals surface area contributed by atoms with E-state index in [1.807, 2.05) is 19.1 Å². The Bertz CT molecular complexity index is 551. The number of nitrogens with one attached hydrogen (secondary N) is 2. The average Bonchev–Trinajstić information content (AvgIpc) is 2.53. The van der Waals surface area contributed by atoms with E-state index < -0.39 is 0 Å². The average molecular weight is 300 g/mol. The van der Waals surface area contributed by atoms with Crippen LogP contribution in [0.15, 0.2) is 29.4 Å². The van der Waals surface area contributed by atoms with Gasteiger partial charge in [0.15, 0.2) is 5.11 Å². The van der Waals surface area contributed by atoms with Crippen LogP contribution in [-0.2, 0) is 0 Å². The number of hydrogen-bond donors (Lipinski definition) is 2. The molecule has 0 aromatic heterocycles. The molecule has 0 atom stereocenters. The first-order chi connectivity index (χ1) is 10.2. The van der Waals surface area contributed by atoms with E-state index in [1.54, 1.807) is 12.1 Å². The molecular weight excluding hydrogens is 280 g/mol. The van der Waals surface area contributed by atoms with Crippen LogP contribution in [0.1, 0.15) is 50.2 Å². The van der Waals surface area contributed by atoms with Crippen LogP contribution in [0.4, 0.5) is 0 Å². The largest absolute Gasteiger partial charge is 0.359 e. The van der Waals surface area contributed by atoms with Crippen molar-refractivity contribution in [1.82, 2.24) is 10.7 Å². The lowest BCUT2D eigenvalue weighted by molar-refractivity contribution is 0.412. The van der Waals surface area contributed by atoms with Gasteiger partial charge >= 0.3 is 0 Å². The minimum atomic E-state index is 0.476. The van der Waals surface area contributed by atoms with Crippen molar-refractivity contribution in [1.29, 1.82) is 5.26 Å². The molecule has 1 aliphatic carbocycles. The molecule has 1 fully saturated rings. The summed E-state index contributed by atoms with van der Waals surface area (Å²) < 4.78 is 0. The maximum atomic E-state index is 8.78. The molecule has 0 saturated heterocycles.